The molecule has 0 radical (unpaired) electrons. The van der Waals surface area contributed by atoms with Gasteiger partial charge in [-0.15, -0.1) is 10.2 Å². The van der Waals surface area contributed by atoms with Gasteiger partial charge in [-0.3, -0.25) is 0 Å². The van der Waals surface area contributed by atoms with E-state index >= 15 is 0 Å². The minimum atomic E-state index is -3.59. The van der Waals surface area contributed by atoms with Gasteiger partial charge in [-0.05, 0) is 30.3 Å². The Labute approximate surface area is 185 Å². The van der Waals surface area contributed by atoms with E-state index in [1.54, 1.807) is 12.1 Å². The molecule has 0 saturated carbocycles. The molecule has 0 unspecified atom stereocenters. The van der Waals surface area contributed by atoms with Crippen LogP contribution in [0.15, 0.2) is 53.4 Å². The second-order valence-corrected chi connectivity index (χ2v) is 9.39. The quantitative estimate of drug-likeness (QED) is 0.438. The van der Waals surface area contributed by atoms with Crippen molar-refractivity contribution in [2.75, 3.05) is 26.3 Å². The Hall–Kier alpha value is -3.15. The summed E-state index contributed by atoms with van der Waals surface area (Å²) in [6, 6.07) is 14.7. The molecule has 10 nitrogen and oxygen atoms in total. The molecule has 1 fully saturated rings. The number of hydrogen-bond donors (Lipinski definition) is 0. The van der Waals surface area contributed by atoms with Gasteiger partial charge >= 0.3 is 0 Å². The van der Waals surface area contributed by atoms with Gasteiger partial charge < -0.3 is 9.30 Å². The van der Waals surface area contributed by atoms with E-state index in [1.165, 1.54) is 9.10 Å². The van der Waals surface area contributed by atoms with Crippen LogP contribution in [0.5, 0.6) is 0 Å². The van der Waals surface area contributed by atoms with Crippen molar-refractivity contribution in [2.24, 2.45) is 0 Å². The highest BCUT2D eigenvalue weighted by atomic mass is 32.2. The fraction of sp³-hybridized carbons (Fsp3) is 0.333. The molecule has 1 saturated heterocycles. The lowest BCUT2D eigenvalue weighted by Gasteiger charge is -2.26. The third-order valence-electron chi connectivity index (χ3n) is 5.49. The van der Waals surface area contributed by atoms with Crippen LogP contribution in [0.4, 0.5) is 0 Å². The molecule has 166 valence electrons. The fourth-order valence-electron chi connectivity index (χ4n) is 3.87. The number of aryl methyl sites for hydroxylation is 1. The molecule has 0 N–H and O–H groups in total. The number of fused-ring (bicyclic) bond motifs is 1. The maximum absolute atomic E-state index is 13.0. The first-order valence-corrected chi connectivity index (χ1v) is 11.9. The molecule has 3 heterocycles. The highest BCUT2D eigenvalue weighted by Gasteiger charge is 2.27. The summed E-state index contributed by atoms with van der Waals surface area (Å²) in [6.07, 6.45) is 0. The highest BCUT2D eigenvalue weighted by molar-refractivity contribution is 7.89. The van der Waals surface area contributed by atoms with E-state index in [9.17, 15) is 8.42 Å². The van der Waals surface area contributed by atoms with Crippen LogP contribution in [0.2, 0.25) is 0 Å². The van der Waals surface area contributed by atoms with E-state index < -0.39 is 10.0 Å². The van der Waals surface area contributed by atoms with Gasteiger partial charge in [-0.2, -0.15) is 9.10 Å². The molecule has 2 aromatic carbocycles. The largest absolute Gasteiger partial charge is 0.379 e. The number of hydrogen-bond acceptors (Lipinski definition) is 7. The minimum Gasteiger partial charge on any atom is -0.379 e. The van der Waals surface area contributed by atoms with Crippen molar-refractivity contribution in [3.8, 4) is 11.4 Å². The van der Waals surface area contributed by atoms with E-state index in [1.807, 2.05) is 47.9 Å². The zero-order chi connectivity index (χ0) is 22.1. The standard InChI is InChI=1S/C21H23N7O3S/c1-2-27-19-9-8-17(32(29,30)26-10-12-31-13-11-26)14-18(19)22-20(27)15-28-24-21(23-25-28)16-6-4-3-5-7-16/h3-9,14H,2,10-13,15H2,1H3. The van der Waals surface area contributed by atoms with Crippen molar-refractivity contribution in [3.63, 3.8) is 0 Å². The fourth-order valence-corrected chi connectivity index (χ4v) is 5.30. The predicted molar refractivity (Wildman–Crippen MR) is 117 cm³/mol. The van der Waals surface area contributed by atoms with Gasteiger partial charge in [0.15, 0.2) is 0 Å². The third kappa shape index (κ3) is 3.78. The van der Waals surface area contributed by atoms with Crippen LogP contribution in [0.1, 0.15) is 12.7 Å². The molecule has 11 heteroatoms. The first-order chi connectivity index (χ1) is 15.6. The zero-order valence-corrected chi connectivity index (χ0v) is 18.4. The number of imidazole rings is 1. The molecular weight excluding hydrogens is 430 g/mol. The van der Waals surface area contributed by atoms with E-state index in [2.05, 4.69) is 15.4 Å². The molecular formula is C21H23N7O3S. The number of tetrazole rings is 1. The first-order valence-electron chi connectivity index (χ1n) is 10.5. The van der Waals surface area contributed by atoms with E-state index in [0.29, 0.717) is 50.7 Å². The van der Waals surface area contributed by atoms with Crippen molar-refractivity contribution in [3.05, 3.63) is 54.4 Å². The van der Waals surface area contributed by atoms with Crippen molar-refractivity contribution in [2.45, 2.75) is 24.9 Å². The van der Waals surface area contributed by atoms with E-state index in [-0.39, 0.29) is 4.90 Å². The molecule has 1 aliphatic heterocycles. The Morgan fingerprint density at radius 1 is 1.06 bits per heavy atom. The van der Waals surface area contributed by atoms with Crippen LogP contribution < -0.4 is 0 Å². The van der Waals surface area contributed by atoms with Gasteiger partial charge in [0, 0.05) is 25.2 Å². The van der Waals surface area contributed by atoms with Crippen molar-refractivity contribution in [1.82, 2.24) is 34.1 Å². The van der Waals surface area contributed by atoms with Crippen molar-refractivity contribution >= 4 is 21.1 Å². The van der Waals surface area contributed by atoms with Crippen LogP contribution in [0, 0.1) is 0 Å². The van der Waals surface area contributed by atoms with Gasteiger partial charge in [-0.25, -0.2) is 13.4 Å². The SMILES string of the molecule is CCn1c(Cn2nnc(-c3ccccc3)n2)nc2cc(S(=O)(=O)N3CCOCC3)ccc21. The number of rotatable bonds is 6. The summed E-state index contributed by atoms with van der Waals surface area (Å²) in [4.78, 5) is 6.45. The first kappa shape index (κ1) is 20.7. The normalized spacial score (nSPS) is 15.4. The summed E-state index contributed by atoms with van der Waals surface area (Å²) in [5.74, 6) is 1.28. The number of benzene rings is 2. The average molecular weight is 454 g/mol. The summed E-state index contributed by atoms with van der Waals surface area (Å²) in [5, 5.41) is 12.8. The summed E-state index contributed by atoms with van der Waals surface area (Å²) >= 11 is 0. The molecule has 32 heavy (non-hydrogen) atoms. The van der Waals surface area contributed by atoms with Gasteiger partial charge in [0.25, 0.3) is 0 Å². The van der Waals surface area contributed by atoms with E-state index in [0.717, 1.165) is 16.9 Å². The minimum absolute atomic E-state index is 0.240. The summed E-state index contributed by atoms with van der Waals surface area (Å²) in [6.45, 7) is 4.56. The Kier molecular flexibility index (Phi) is 5.45. The zero-order valence-electron chi connectivity index (χ0n) is 17.6. The summed E-state index contributed by atoms with van der Waals surface area (Å²) < 4.78 is 34.8. The van der Waals surface area contributed by atoms with Gasteiger partial charge in [0.1, 0.15) is 12.4 Å². The number of morpholine rings is 1. The Bertz CT molecular complexity index is 1340. The summed E-state index contributed by atoms with van der Waals surface area (Å²) in [7, 11) is -3.59. The van der Waals surface area contributed by atoms with Crippen LogP contribution in [0.25, 0.3) is 22.4 Å². The third-order valence-corrected chi connectivity index (χ3v) is 7.39. The molecule has 4 aromatic rings. The maximum Gasteiger partial charge on any atom is 0.243 e. The van der Waals surface area contributed by atoms with Gasteiger partial charge in [0.05, 0.1) is 29.1 Å². The van der Waals surface area contributed by atoms with Gasteiger partial charge in [0.2, 0.25) is 15.8 Å². The average Bonchev–Trinajstić information content (AvgIpc) is 3.44. The molecule has 0 bridgehead atoms. The predicted octanol–water partition coefficient (Wildman–Crippen LogP) is 1.78. The van der Waals surface area contributed by atoms with E-state index in [4.69, 9.17) is 9.72 Å². The van der Waals surface area contributed by atoms with Crippen LogP contribution >= 0.6 is 0 Å². The Balaban J connectivity index is 1.46. The lowest BCUT2D eigenvalue weighted by Crippen LogP contribution is -2.40. The number of nitrogens with zero attached hydrogens (tertiary/aromatic N) is 7. The second-order valence-electron chi connectivity index (χ2n) is 7.45. The summed E-state index contributed by atoms with van der Waals surface area (Å²) in [5.41, 5.74) is 2.38. The molecule has 5 rings (SSSR count). The molecule has 0 amide bonds. The van der Waals surface area contributed by atoms with Crippen LogP contribution in [0.3, 0.4) is 0 Å². The number of ether oxygens (including phenoxy) is 1. The topological polar surface area (TPSA) is 108 Å². The van der Waals surface area contributed by atoms with Gasteiger partial charge in [-0.1, -0.05) is 30.3 Å². The molecule has 0 spiro atoms. The highest BCUT2D eigenvalue weighted by Crippen LogP contribution is 2.24. The molecule has 0 aliphatic carbocycles. The lowest BCUT2D eigenvalue weighted by atomic mass is 10.2. The van der Waals surface area contributed by atoms with Crippen LogP contribution in [-0.2, 0) is 27.8 Å². The monoisotopic (exact) mass is 453 g/mol. The number of aromatic nitrogens is 6. The van der Waals surface area contributed by atoms with Crippen LogP contribution in [-0.4, -0.2) is 68.8 Å². The van der Waals surface area contributed by atoms with Crippen molar-refractivity contribution < 1.29 is 13.2 Å². The second kappa shape index (κ2) is 8.41. The molecule has 2 aromatic heterocycles. The number of sulfonamides is 1. The smallest absolute Gasteiger partial charge is 0.243 e. The lowest BCUT2D eigenvalue weighted by molar-refractivity contribution is 0.0730. The Morgan fingerprint density at radius 2 is 1.84 bits per heavy atom. The Morgan fingerprint density at radius 3 is 2.59 bits per heavy atom. The molecule has 0 atom stereocenters. The molecule has 1 aliphatic rings. The maximum atomic E-state index is 13.0. The van der Waals surface area contributed by atoms with Crippen molar-refractivity contribution in [1.29, 1.82) is 0 Å².